The zero-order valence-electron chi connectivity index (χ0n) is 5.99. The summed E-state index contributed by atoms with van der Waals surface area (Å²) in [7, 11) is 9.78. The molecule has 0 aromatic rings. The number of hydrogen-bond donors (Lipinski definition) is 0. The van der Waals surface area contributed by atoms with E-state index >= 15 is 0 Å². The Labute approximate surface area is 79.0 Å². The Hall–Kier alpha value is 0.774. The van der Waals surface area contributed by atoms with Gasteiger partial charge in [-0.25, -0.2) is 0 Å². The molecule has 0 spiro atoms. The predicted molar refractivity (Wildman–Crippen MR) is 43.5 cm³/mol. The van der Waals surface area contributed by atoms with Gasteiger partial charge in [-0.3, -0.25) is 0 Å². The topological polar surface area (TPSA) is 0 Å². The molecular weight excluding hydrogens is 203 g/mol. The van der Waals surface area contributed by atoms with Gasteiger partial charge in [0.1, 0.15) is 0 Å². The summed E-state index contributed by atoms with van der Waals surface area (Å²) in [5, 5.41) is 0. The van der Waals surface area contributed by atoms with Gasteiger partial charge >= 0.3 is 35.6 Å². The summed E-state index contributed by atoms with van der Waals surface area (Å²) in [5.41, 5.74) is 2.78. The summed E-state index contributed by atoms with van der Waals surface area (Å²) in [5.74, 6) is 0. The molecule has 0 saturated carbocycles. The average Bonchev–Trinajstić information content (AvgIpc) is 2.19. The van der Waals surface area contributed by atoms with Crippen LogP contribution in [0.25, 0.3) is 0 Å². The van der Waals surface area contributed by atoms with Crippen LogP contribution < -0.4 is 0 Å². The van der Waals surface area contributed by atoms with E-state index in [9.17, 15) is 0 Å². The fraction of sp³-hybridized carbons (Fsp3) is 0.286. The monoisotopic (exact) mass is 211 g/mol. The van der Waals surface area contributed by atoms with Gasteiger partial charge in [0.05, 0.1) is 0 Å². The molecule has 0 heterocycles. The van der Waals surface area contributed by atoms with E-state index < -0.39 is 17.0 Å². The summed E-state index contributed by atoms with van der Waals surface area (Å²) in [4.78, 5) is 0. The van der Waals surface area contributed by atoms with Crippen LogP contribution in [0.15, 0.2) is 23.3 Å². The molecule has 0 amide bonds. The van der Waals surface area contributed by atoms with Crippen LogP contribution >= 0.6 is 18.6 Å². The van der Waals surface area contributed by atoms with E-state index in [0.29, 0.717) is 0 Å². The Balaban J connectivity index is 0.000000236. The molecule has 0 aliphatic heterocycles. The maximum absolute atomic E-state index is 4.89. The molecule has 0 unspecified atom stereocenters. The van der Waals surface area contributed by atoms with Gasteiger partial charge < -0.3 is 0 Å². The molecule has 3 heteroatoms. The first kappa shape index (κ1) is 10.8. The van der Waals surface area contributed by atoms with Crippen LogP contribution in [0.3, 0.4) is 0 Å². The minimum atomic E-state index is -0.556. The molecule has 1 rings (SSSR count). The zero-order valence-corrected chi connectivity index (χ0v) is 9.06. The van der Waals surface area contributed by atoms with Crippen molar-refractivity contribution in [3.05, 3.63) is 29.7 Å². The molecule has 10 heavy (non-hydrogen) atoms. The van der Waals surface area contributed by atoms with Gasteiger partial charge in [0.25, 0.3) is 0 Å². The summed E-state index contributed by atoms with van der Waals surface area (Å²) < 4.78 is 0. The Morgan fingerprint density at radius 3 is 1.80 bits per heavy atom. The standard InChI is InChI=1S/C7H9.2ClH.Ti/c1-6-4-3-5-7(6)2;;;/h3-5H,1-2H3;2*1H;/q;;;+2/p-2. The molecule has 0 atom stereocenters. The molecule has 0 bridgehead atoms. The summed E-state index contributed by atoms with van der Waals surface area (Å²) in [6.07, 6.45) is 6.31. The van der Waals surface area contributed by atoms with Crippen molar-refractivity contribution >= 4 is 18.6 Å². The fourth-order valence-electron chi connectivity index (χ4n) is 0.600. The zero-order chi connectivity index (χ0) is 7.98. The van der Waals surface area contributed by atoms with Gasteiger partial charge in [-0.2, -0.15) is 0 Å². The second kappa shape index (κ2) is 6.48. The van der Waals surface area contributed by atoms with Crippen LogP contribution in [-0.2, 0) is 17.0 Å². The van der Waals surface area contributed by atoms with E-state index in [2.05, 4.69) is 32.4 Å². The number of halogens is 2. The van der Waals surface area contributed by atoms with Crippen LogP contribution in [-0.4, -0.2) is 0 Å². The Morgan fingerprint density at radius 2 is 1.70 bits per heavy atom. The van der Waals surface area contributed by atoms with Gasteiger partial charge in [0.15, 0.2) is 0 Å². The second-order valence-corrected chi connectivity index (χ2v) is 4.54. The van der Waals surface area contributed by atoms with Gasteiger partial charge in [0, 0.05) is 6.42 Å². The van der Waals surface area contributed by atoms with Crippen molar-refractivity contribution in [2.75, 3.05) is 0 Å². The predicted octanol–water partition coefficient (Wildman–Crippen LogP) is 3.47. The van der Waals surface area contributed by atoms with Crippen LogP contribution in [0, 0.1) is 6.42 Å². The summed E-state index contributed by atoms with van der Waals surface area (Å²) in [6, 6.07) is 0. The maximum atomic E-state index is 4.89. The van der Waals surface area contributed by atoms with Crippen molar-refractivity contribution in [3.63, 3.8) is 0 Å². The Bertz CT molecular complexity index is 150. The van der Waals surface area contributed by atoms with Gasteiger partial charge in [-0.05, 0) is 13.8 Å². The first-order valence-corrected chi connectivity index (χ1v) is 7.17. The molecule has 0 saturated heterocycles. The molecule has 55 valence electrons. The number of allylic oxidation sites excluding steroid dienone is 4. The van der Waals surface area contributed by atoms with Crippen molar-refractivity contribution in [3.8, 4) is 0 Å². The third-order valence-electron chi connectivity index (χ3n) is 1.31. The molecular formula is C7H9Cl2Ti. The normalized spacial score (nSPS) is 14.8. The van der Waals surface area contributed by atoms with E-state index in [1.165, 1.54) is 11.1 Å². The Morgan fingerprint density at radius 1 is 1.20 bits per heavy atom. The summed E-state index contributed by atoms with van der Waals surface area (Å²) in [6.45, 7) is 4.24. The third kappa shape index (κ3) is 4.57. The van der Waals surface area contributed by atoms with E-state index in [0.717, 1.165) is 0 Å². The first-order chi connectivity index (χ1) is 4.72. The summed E-state index contributed by atoms with van der Waals surface area (Å²) >= 11 is -0.556. The van der Waals surface area contributed by atoms with Crippen molar-refractivity contribution in [2.24, 2.45) is 0 Å². The van der Waals surface area contributed by atoms with Crippen LogP contribution in [0.2, 0.25) is 0 Å². The molecule has 0 N–H and O–H groups in total. The first-order valence-electron chi connectivity index (χ1n) is 2.87. The fourth-order valence-corrected chi connectivity index (χ4v) is 0.600. The van der Waals surface area contributed by atoms with Gasteiger partial charge in [0.2, 0.25) is 0 Å². The molecule has 0 aromatic heterocycles. The van der Waals surface area contributed by atoms with Crippen molar-refractivity contribution < 1.29 is 17.0 Å². The molecule has 0 nitrogen and oxygen atoms in total. The second-order valence-electron chi connectivity index (χ2n) is 1.96. The van der Waals surface area contributed by atoms with E-state index in [4.69, 9.17) is 18.6 Å². The van der Waals surface area contributed by atoms with Crippen LogP contribution in [0.4, 0.5) is 0 Å². The van der Waals surface area contributed by atoms with Crippen LogP contribution in [0.1, 0.15) is 13.8 Å². The SMILES string of the molecule is CC1=C(C)C=C[CH]1.[Cl][Ti][Cl]. The number of rotatable bonds is 0. The van der Waals surface area contributed by atoms with E-state index in [1.54, 1.807) is 0 Å². The van der Waals surface area contributed by atoms with E-state index in [-0.39, 0.29) is 0 Å². The molecule has 1 aliphatic rings. The molecule has 1 radical (unpaired) electrons. The van der Waals surface area contributed by atoms with Gasteiger partial charge in [-0.1, -0.05) is 23.3 Å². The van der Waals surface area contributed by atoms with Crippen molar-refractivity contribution in [1.29, 1.82) is 0 Å². The van der Waals surface area contributed by atoms with Crippen LogP contribution in [0.5, 0.6) is 0 Å². The average molecular weight is 212 g/mol. The van der Waals surface area contributed by atoms with Crippen molar-refractivity contribution in [1.82, 2.24) is 0 Å². The van der Waals surface area contributed by atoms with Crippen molar-refractivity contribution in [2.45, 2.75) is 13.8 Å². The molecule has 1 aliphatic carbocycles. The van der Waals surface area contributed by atoms with Gasteiger partial charge in [-0.15, -0.1) is 0 Å². The number of hydrogen-bond acceptors (Lipinski definition) is 0. The molecule has 0 fully saturated rings. The van der Waals surface area contributed by atoms with E-state index in [1.807, 2.05) is 0 Å². The molecule has 0 aromatic carbocycles. The Kier molecular flexibility index (Phi) is 6.98. The minimum absolute atomic E-state index is 0.556. The quantitative estimate of drug-likeness (QED) is 0.539. The third-order valence-corrected chi connectivity index (χ3v) is 1.31.